The van der Waals surface area contributed by atoms with Crippen molar-refractivity contribution in [3.63, 3.8) is 0 Å². The molecule has 0 bridgehead atoms. The summed E-state index contributed by atoms with van der Waals surface area (Å²) in [7, 11) is 0. The fraction of sp³-hybridized carbons (Fsp3) is 0.385. The van der Waals surface area contributed by atoms with Crippen molar-refractivity contribution in [1.82, 2.24) is 9.47 Å². The van der Waals surface area contributed by atoms with Gasteiger partial charge in [0.25, 0.3) is 5.91 Å². The van der Waals surface area contributed by atoms with Crippen LogP contribution < -0.4 is 0 Å². The van der Waals surface area contributed by atoms with Crippen molar-refractivity contribution in [3.05, 3.63) is 68.8 Å². The molecule has 1 aromatic heterocycles. The Labute approximate surface area is 227 Å². The maximum absolute atomic E-state index is 14.0. The van der Waals surface area contributed by atoms with Crippen LogP contribution in [-0.4, -0.2) is 39.5 Å². The predicted octanol–water partition coefficient (Wildman–Crippen LogP) is 7.36. The second-order valence-electron chi connectivity index (χ2n) is 10.0. The first-order valence-electron chi connectivity index (χ1n) is 11.9. The zero-order chi connectivity index (χ0) is 28.5. The molecule has 2 aliphatic rings. The molecule has 5 nitrogen and oxygen atoms in total. The van der Waals surface area contributed by atoms with Crippen molar-refractivity contribution in [2.24, 2.45) is 11.3 Å². The fourth-order valence-electron chi connectivity index (χ4n) is 5.54. The molecule has 5 rings (SSSR count). The molecular formula is C26H20Cl2F6N2O3. The van der Waals surface area contributed by atoms with Crippen LogP contribution in [0.1, 0.15) is 46.3 Å². The molecule has 1 saturated carbocycles. The van der Waals surface area contributed by atoms with E-state index in [1.165, 1.54) is 21.7 Å². The number of carbonyl (C=O) groups is 2. The Morgan fingerprint density at radius 1 is 1.00 bits per heavy atom. The highest BCUT2D eigenvalue weighted by Gasteiger charge is 2.59. The van der Waals surface area contributed by atoms with E-state index in [1.807, 2.05) is 0 Å². The van der Waals surface area contributed by atoms with Crippen molar-refractivity contribution >= 4 is 46.0 Å². The number of hydrogen-bond donors (Lipinski definition) is 1. The number of carboxylic acids is 1. The van der Waals surface area contributed by atoms with Gasteiger partial charge in [0.2, 0.25) is 0 Å². The molecule has 208 valence electrons. The van der Waals surface area contributed by atoms with E-state index in [9.17, 15) is 41.0 Å². The molecule has 1 aliphatic carbocycles. The second-order valence-corrected chi connectivity index (χ2v) is 10.8. The number of fused-ring (bicyclic) bond motifs is 1. The lowest BCUT2D eigenvalue weighted by atomic mass is 9.90. The molecule has 1 N–H and O–H groups in total. The molecule has 0 radical (unpaired) electrons. The van der Waals surface area contributed by atoms with Crippen LogP contribution in [0.4, 0.5) is 26.3 Å². The standard InChI is InChI=1S/C26H20Cl2F6N2O3/c27-19-10-14(25(29,30)31)9-13-3-6-36(21(13)19)12-16-17(26(32,33)34)2-1-15(20(16)28)22(37)35-7-4-24(5-8-35)11-18(24)23(38)39/h1-3,6,9-10,18H,4-5,7-8,11-12H2,(H,38,39). The molecule has 1 aliphatic heterocycles. The normalized spacial score (nSPS) is 19.1. The molecule has 1 unspecified atom stereocenters. The van der Waals surface area contributed by atoms with Gasteiger partial charge in [-0.25, -0.2) is 0 Å². The van der Waals surface area contributed by atoms with Gasteiger partial charge in [0.05, 0.1) is 38.2 Å². The molecule has 13 heteroatoms. The predicted molar refractivity (Wildman–Crippen MR) is 131 cm³/mol. The van der Waals surface area contributed by atoms with E-state index >= 15 is 0 Å². The maximum atomic E-state index is 14.0. The number of benzene rings is 2. The number of rotatable bonds is 4. The molecule has 2 aromatic carbocycles. The largest absolute Gasteiger partial charge is 0.481 e. The highest BCUT2D eigenvalue weighted by atomic mass is 35.5. The van der Waals surface area contributed by atoms with Crippen molar-refractivity contribution in [2.45, 2.75) is 38.2 Å². The summed E-state index contributed by atoms with van der Waals surface area (Å²) in [5.74, 6) is -1.91. The number of carboxylic acid groups (broad SMARTS) is 1. The van der Waals surface area contributed by atoms with Gasteiger partial charge < -0.3 is 14.6 Å². The van der Waals surface area contributed by atoms with E-state index in [0.29, 0.717) is 25.3 Å². The van der Waals surface area contributed by atoms with Gasteiger partial charge in [-0.1, -0.05) is 23.2 Å². The summed E-state index contributed by atoms with van der Waals surface area (Å²) in [4.78, 5) is 26.0. The van der Waals surface area contributed by atoms with Gasteiger partial charge in [-0.3, -0.25) is 9.59 Å². The number of amides is 1. The maximum Gasteiger partial charge on any atom is 0.416 e. The summed E-state index contributed by atoms with van der Waals surface area (Å²) in [6.45, 7) is -0.0177. The summed E-state index contributed by atoms with van der Waals surface area (Å²) < 4.78 is 82.7. The number of aromatic nitrogens is 1. The summed E-state index contributed by atoms with van der Waals surface area (Å²) in [5, 5.41) is 8.62. The van der Waals surface area contributed by atoms with Crippen molar-refractivity contribution < 1.29 is 41.0 Å². The lowest BCUT2D eigenvalue weighted by Crippen LogP contribution is -2.40. The van der Waals surface area contributed by atoms with E-state index in [-0.39, 0.29) is 40.0 Å². The van der Waals surface area contributed by atoms with Crippen LogP contribution in [0, 0.1) is 11.3 Å². The second kappa shape index (κ2) is 9.33. The van der Waals surface area contributed by atoms with Gasteiger partial charge in [0.15, 0.2) is 0 Å². The topological polar surface area (TPSA) is 62.5 Å². The number of halogens is 8. The van der Waals surface area contributed by atoms with Gasteiger partial charge in [-0.15, -0.1) is 0 Å². The zero-order valence-corrected chi connectivity index (χ0v) is 21.5. The molecule has 1 saturated heterocycles. The van der Waals surface area contributed by atoms with Crippen LogP contribution in [0.15, 0.2) is 36.5 Å². The average Bonchev–Trinajstić information content (AvgIpc) is 3.38. The monoisotopic (exact) mass is 592 g/mol. The van der Waals surface area contributed by atoms with Gasteiger partial charge >= 0.3 is 18.3 Å². The minimum Gasteiger partial charge on any atom is -0.481 e. The van der Waals surface area contributed by atoms with Crippen molar-refractivity contribution in [1.29, 1.82) is 0 Å². The molecule has 1 atom stereocenters. The first-order chi connectivity index (χ1) is 18.1. The average molecular weight is 593 g/mol. The number of likely N-dealkylation sites (tertiary alicyclic amines) is 1. The Balaban J connectivity index is 1.48. The number of carbonyl (C=O) groups excluding carboxylic acids is 1. The van der Waals surface area contributed by atoms with Crippen molar-refractivity contribution in [3.8, 4) is 0 Å². The third kappa shape index (κ3) is 4.95. The van der Waals surface area contributed by atoms with Gasteiger partial charge in [-0.05, 0) is 55.0 Å². The van der Waals surface area contributed by atoms with E-state index in [0.717, 1.165) is 18.2 Å². The summed E-state index contributed by atoms with van der Waals surface area (Å²) in [6.07, 6.45) is -6.72. The number of alkyl halides is 6. The Kier molecular flexibility index (Phi) is 6.61. The lowest BCUT2D eigenvalue weighted by Gasteiger charge is -2.33. The number of piperidine rings is 1. The molecule has 39 heavy (non-hydrogen) atoms. The van der Waals surface area contributed by atoms with E-state index in [2.05, 4.69) is 0 Å². The number of aliphatic carboxylic acids is 1. The minimum absolute atomic E-state index is 0.0775. The van der Waals surface area contributed by atoms with Crippen LogP contribution in [0.25, 0.3) is 10.9 Å². The molecule has 1 amide bonds. The van der Waals surface area contributed by atoms with E-state index < -0.39 is 58.4 Å². The molecule has 2 heterocycles. The third-order valence-electron chi connectivity index (χ3n) is 7.78. The fourth-order valence-corrected chi connectivity index (χ4v) is 6.18. The van der Waals surface area contributed by atoms with E-state index in [1.54, 1.807) is 0 Å². The van der Waals surface area contributed by atoms with Crippen LogP contribution in [0.5, 0.6) is 0 Å². The Morgan fingerprint density at radius 2 is 1.67 bits per heavy atom. The smallest absolute Gasteiger partial charge is 0.416 e. The molecular weight excluding hydrogens is 573 g/mol. The Morgan fingerprint density at radius 3 is 2.23 bits per heavy atom. The van der Waals surface area contributed by atoms with Gasteiger partial charge in [-0.2, -0.15) is 26.3 Å². The van der Waals surface area contributed by atoms with E-state index in [4.69, 9.17) is 23.2 Å². The SMILES string of the molecule is O=C(O)C1CC12CCN(C(=O)c1ccc(C(F)(F)F)c(Cn3ccc4cc(C(F)(F)F)cc(Cl)c43)c1Cl)CC2. The highest BCUT2D eigenvalue weighted by molar-refractivity contribution is 6.35. The lowest BCUT2D eigenvalue weighted by molar-refractivity contribution is -0.140. The molecule has 3 aromatic rings. The minimum atomic E-state index is -4.83. The van der Waals surface area contributed by atoms with Crippen LogP contribution in [0.3, 0.4) is 0 Å². The quantitative estimate of drug-likeness (QED) is 0.322. The number of hydrogen-bond acceptors (Lipinski definition) is 2. The van der Waals surface area contributed by atoms with Crippen LogP contribution >= 0.6 is 23.2 Å². The third-order valence-corrected chi connectivity index (χ3v) is 8.50. The first kappa shape index (κ1) is 27.6. The summed E-state index contributed by atoms with van der Waals surface area (Å²) in [5.41, 5.74) is -2.92. The van der Waals surface area contributed by atoms with Crippen LogP contribution in [0.2, 0.25) is 10.0 Å². The van der Waals surface area contributed by atoms with Crippen molar-refractivity contribution in [2.75, 3.05) is 13.1 Å². The Bertz CT molecular complexity index is 1490. The summed E-state index contributed by atoms with van der Waals surface area (Å²) in [6, 6.07) is 4.62. The van der Waals surface area contributed by atoms with Gasteiger partial charge in [0, 0.05) is 36.8 Å². The van der Waals surface area contributed by atoms with Crippen LogP contribution in [-0.2, 0) is 23.7 Å². The highest BCUT2D eigenvalue weighted by Crippen LogP contribution is 2.59. The number of nitrogens with zero attached hydrogens (tertiary/aromatic N) is 2. The zero-order valence-electron chi connectivity index (χ0n) is 20.0. The molecule has 1 spiro atoms. The summed E-state index contributed by atoms with van der Waals surface area (Å²) >= 11 is 12.6. The first-order valence-corrected chi connectivity index (χ1v) is 12.6. The van der Waals surface area contributed by atoms with Gasteiger partial charge in [0.1, 0.15) is 0 Å². The Hall–Kier alpha value is -2.92. The molecule has 2 fully saturated rings.